The van der Waals surface area contributed by atoms with Crippen LogP contribution in [-0.2, 0) is 4.74 Å². The normalized spacial score (nSPS) is 12.4. The van der Waals surface area contributed by atoms with E-state index in [2.05, 4.69) is 11.4 Å². The number of hydrogen-bond acceptors (Lipinski definition) is 4. The second kappa shape index (κ2) is 8.47. The molecule has 70 valence electrons. The zero-order chi connectivity index (χ0) is 9.23. The van der Waals surface area contributed by atoms with Crippen molar-refractivity contribution in [2.24, 2.45) is 5.92 Å². The Balaban J connectivity index is 2.96. The molecule has 12 heavy (non-hydrogen) atoms. The number of nitriles is 1. The third-order valence-electron chi connectivity index (χ3n) is 1.33. The predicted molar refractivity (Wildman–Crippen MR) is 45.6 cm³/mol. The molecule has 1 unspecified atom stereocenters. The van der Waals surface area contributed by atoms with Gasteiger partial charge in [-0.2, -0.15) is 5.26 Å². The Morgan fingerprint density at radius 2 is 2.33 bits per heavy atom. The molecule has 0 saturated heterocycles. The molecule has 2 N–H and O–H groups in total. The minimum atomic E-state index is 0.0443. The van der Waals surface area contributed by atoms with E-state index in [9.17, 15) is 0 Å². The van der Waals surface area contributed by atoms with Gasteiger partial charge in [0.25, 0.3) is 0 Å². The summed E-state index contributed by atoms with van der Waals surface area (Å²) in [5.41, 5.74) is 0. The van der Waals surface area contributed by atoms with E-state index in [1.54, 1.807) is 0 Å². The van der Waals surface area contributed by atoms with Gasteiger partial charge < -0.3 is 15.2 Å². The molecule has 1 atom stereocenters. The van der Waals surface area contributed by atoms with Crippen LogP contribution in [0.3, 0.4) is 0 Å². The van der Waals surface area contributed by atoms with Crippen molar-refractivity contribution in [3.8, 4) is 6.07 Å². The molecule has 0 heterocycles. The van der Waals surface area contributed by atoms with Crippen LogP contribution in [0.25, 0.3) is 0 Å². The van der Waals surface area contributed by atoms with Crippen molar-refractivity contribution in [3.63, 3.8) is 0 Å². The maximum atomic E-state index is 8.42. The van der Waals surface area contributed by atoms with E-state index in [1.807, 2.05) is 6.92 Å². The van der Waals surface area contributed by atoms with Crippen molar-refractivity contribution in [1.82, 2.24) is 5.32 Å². The molecular formula is C8H16N2O2. The summed E-state index contributed by atoms with van der Waals surface area (Å²) in [5, 5.41) is 19.8. The van der Waals surface area contributed by atoms with Gasteiger partial charge in [0.15, 0.2) is 0 Å². The first-order valence-electron chi connectivity index (χ1n) is 4.10. The standard InChI is InChI=1S/C8H16N2O2/c1-8(6-9)7-10-2-4-12-5-3-11/h8,10-11H,2-5,7H2,1H3. The Morgan fingerprint density at radius 1 is 1.58 bits per heavy atom. The fourth-order valence-corrected chi connectivity index (χ4v) is 0.675. The summed E-state index contributed by atoms with van der Waals surface area (Å²) < 4.78 is 5.00. The van der Waals surface area contributed by atoms with Crippen molar-refractivity contribution in [3.05, 3.63) is 0 Å². The minimum Gasteiger partial charge on any atom is -0.394 e. The van der Waals surface area contributed by atoms with Crippen LogP contribution in [0.5, 0.6) is 0 Å². The van der Waals surface area contributed by atoms with Crippen LogP contribution >= 0.6 is 0 Å². The Labute approximate surface area is 73.1 Å². The lowest BCUT2D eigenvalue weighted by Gasteiger charge is -2.05. The van der Waals surface area contributed by atoms with Crippen LogP contribution in [0.4, 0.5) is 0 Å². The predicted octanol–water partition coefficient (Wildman–Crippen LogP) is -0.255. The lowest BCUT2D eigenvalue weighted by molar-refractivity contribution is 0.0938. The first-order chi connectivity index (χ1) is 5.81. The van der Waals surface area contributed by atoms with Crippen LogP contribution < -0.4 is 5.32 Å². The third-order valence-corrected chi connectivity index (χ3v) is 1.33. The minimum absolute atomic E-state index is 0.0443. The van der Waals surface area contributed by atoms with Crippen LogP contribution in [0, 0.1) is 17.2 Å². The van der Waals surface area contributed by atoms with Crippen molar-refractivity contribution in [2.75, 3.05) is 32.9 Å². The maximum Gasteiger partial charge on any atom is 0.0698 e. The fourth-order valence-electron chi connectivity index (χ4n) is 0.675. The van der Waals surface area contributed by atoms with Crippen molar-refractivity contribution >= 4 is 0 Å². The quantitative estimate of drug-likeness (QED) is 0.519. The van der Waals surface area contributed by atoms with Gasteiger partial charge in [-0.05, 0) is 6.92 Å². The summed E-state index contributed by atoms with van der Waals surface area (Å²) in [6, 6.07) is 2.12. The summed E-state index contributed by atoms with van der Waals surface area (Å²) >= 11 is 0. The lowest BCUT2D eigenvalue weighted by atomic mass is 10.2. The molecule has 0 saturated carbocycles. The van der Waals surface area contributed by atoms with Gasteiger partial charge in [-0.1, -0.05) is 0 Å². The smallest absolute Gasteiger partial charge is 0.0698 e. The van der Waals surface area contributed by atoms with Crippen molar-refractivity contribution in [1.29, 1.82) is 5.26 Å². The van der Waals surface area contributed by atoms with Crippen molar-refractivity contribution in [2.45, 2.75) is 6.92 Å². The van der Waals surface area contributed by atoms with E-state index in [1.165, 1.54) is 0 Å². The van der Waals surface area contributed by atoms with Crippen LogP contribution in [-0.4, -0.2) is 38.0 Å². The first-order valence-corrected chi connectivity index (χ1v) is 4.10. The highest BCUT2D eigenvalue weighted by molar-refractivity contribution is 4.79. The van der Waals surface area contributed by atoms with Gasteiger partial charge >= 0.3 is 0 Å². The summed E-state index contributed by atoms with van der Waals surface area (Å²) in [4.78, 5) is 0. The molecule has 4 heteroatoms. The molecular weight excluding hydrogens is 156 g/mol. The van der Waals surface area contributed by atoms with Crippen molar-refractivity contribution < 1.29 is 9.84 Å². The second-order valence-electron chi connectivity index (χ2n) is 2.57. The Kier molecular flexibility index (Phi) is 8.02. The molecule has 0 aromatic carbocycles. The van der Waals surface area contributed by atoms with E-state index in [0.29, 0.717) is 19.8 Å². The van der Waals surface area contributed by atoms with E-state index in [0.717, 1.165) is 6.54 Å². The summed E-state index contributed by atoms with van der Waals surface area (Å²) in [7, 11) is 0. The highest BCUT2D eigenvalue weighted by Gasteiger charge is 1.96. The zero-order valence-electron chi connectivity index (χ0n) is 7.42. The fraction of sp³-hybridized carbons (Fsp3) is 0.875. The number of hydrogen-bond donors (Lipinski definition) is 2. The van der Waals surface area contributed by atoms with Gasteiger partial charge in [-0.3, -0.25) is 0 Å². The largest absolute Gasteiger partial charge is 0.394 e. The Bertz CT molecular complexity index is 134. The maximum absolute atomic E-state index is 8.42. The van der Waals surface area contributed by atoms with Gasteiger partial charge in [0.05, 0.1) is 31.8 Å². The summed E-state index contributed by atoms with van der Waals surface area (Å²) in [5.74, 6) is 0.0443. The molecule has 0 aromatic heterocycles. The van der Waals surface area contributed by atoms with Gasteiger partial charge in [0.1, 0.15) is 0 Å². The molecule has 0 rings (SSSR count). The third kappa shape index (κ3) is 7.48. The number of ether oxygens (including phenoxy) is 1. The van der Waals surface area contributed by atoms with Gasteiger partial charge in [0.2, 0.25) is 0 Å². The van der Waals surface area contributed by atoms with Crippen LogP contribution in [0.15, 0.2) is 0 Å². The van der Waals surface area contributed by atoms with Gasteiger partial charge in [-0.25, -0.2) is 0 Å². The molecule has 0 fully saturated rings. The van der Waals surface area contributed by atoms with E-state index < -0.39 is 0 Å². The second-order valence-corrected chi connectivity index (χ2v) is 2.57. The molecule has 0 radical (unpaired) electrons. The van der Waals surface area contributed by atoms with Crippen LogP contribution in [0.2, 0.25) is 0 Å². The lowest BCUT2D eigenvalue weighted by Crippen LogP contribution is -2.24. The molecule has 0 aliphatic heterocycles. The number of aliphatic hydroxyl groups excluding tert-OH is 1. The van der Waals surface area contributed by atoms with E-state index in [4.69, 9.17) is 15.1 Å². The van der Waals surface area contributed by atoms with E-state index >= 15 is 0 Å². The molecule has 0 spiro atoms. The number of aliphatic hydroxyl groups is 1. The monoisotopic (exact) mass is 172 g/mol. The van der Waals surface area contributed by atoms with Gasteiger partial charge in [-0.15, -0.1) is 0 Å². The first kappa shape index (κ1) is 11.4. The molecule has 4 nitrogen and oxygen atoms in total. The summed E-state index contributed by atoms with van der Waals surface area (Å²) in [6.07, 6.45) is 0. The number of rotatable bonds is 7. The highest BCUT2D eigenvalue weighted by Crippen LogP contribution is 1.86. The SMILES string of the molecule is CC(C#N)CNCCOCCO. The Morgan fingerprint density at radius 3 is 2.92 bits per heavy atom. The molecule has 0 aliphatic rings. The highest BCUT2D eigenvalue weighted by atomic mass is 16.5. The van der Waals surface area contributed by atoms with E-state index in [-0.39, 0.29) is 12.5 Å². The molecule has 0 amide bonds. The topological polar surface area (TPSA) is 65.3 Å². The van der Waals surface area contributed by atoms with Gasteiger partial charge in [0, 0.05) is 13.1 Å². The molecule has 0 aromatic rings. The average Bonchev–Trinajstić information content (AvgIpc) is 2.10. The Hall–Kier alpha value is -0.630. The number of nitrogens with one attached hydrogen (secondary N) is 1. The summed E-state index contributed by atoms with van der Waals surface area (Å²) in [6.45, 7) is 4.31. The average molecular weight is 172 g/mol. The number of nitrogens with zero attached hydrogens (tertiary/aromatic N) is 1. The molecule has 0 bridgehead atoms. The van der Waals surface area contributed by atoms with Crippen LogP contribution in [0.1, 0.15) is 6.92 Å². The molecule has 0 aliphatic carbocycles. The zero-order valence-corrected chi connectivity index (χ0v) is 7.42.